The molecule has 0 unspecified atom stereocenters. The van der Waals surface area contributed by atoms with Crippen LogP contribution in [0.15, 0.2) is 30.3 Å². The molecule has 0 saturated heterocycles. The Bertz CT molecular complexity index is 826. The lowest BCUT2D eigenvalue weighted by Gasteiger charge is -2.14. The molecular weight excluding hydrogens is 374 g/mol. The predicted molar refractivity (Wildman–Crippen MR) is 74.7 cm³/mol. The summed E-state index contributed by atoms with van der Waals surface area (Å²) in [4.78, 5) is 3.43. The van der Waals surface area contributed by atoms with E-state index in [1.807, 2.05) is 0 Å². The van der Waals surface area contributed by atoms with Gasteiger partial charge in [0.05, 0.1) is 5.56 Å². The van der Waals surface area contributed by atoms with Gasteiger partial charge in [-0.3, -0.25) is 0 Å². The number of halogens is 7. The van der Waals surface area contributed by atoms with Crippen LogP contribution in [0.5, 0.6) is 5.88 Å². The van der Waals surface area contributed by atoms with E-state index in [4.69, 9.17) is 21.6 Å². The molecule has 3 nitrogen and oxygen atoms in total. The third-order valence-corrected chi connectivity index (χ3v) is 3.38. The number of ether oxygens (including phenoxy) is 1. The monoisotopic (exact) mass is 380 g/mol. The number of aromatic nitrogens is 1. The lowest BCUT2D eigenvalue weighted by molar-refractivity contribution is -0.139. The average molecular weight is 381 g/mol. The molecule has 10 heteroatoms. The second-order valence-corrected chi connectivity index (χ2v) is 5.16. The Morgan fingerprint density at radius 1 is 1.04 bits per heavy atom. The molecule has 2 aromatic rings. The first-order chi connectivity index (χ1) is 11.5. The highest BCUT2D eigenvalue weighted by atomic mass is 35.5. The minimum absolute atomic E-state index is 0.0342. The van der Waals surface area contributed by atoms with Crippen LogP contribution in [-0.2, 0) is 19.0 Å². The maximum absolute atomic E-state index is 12.9. The minimum atomic E-state index is -4.78. The van der Waals surface area contributed by atoms with E-state index in [2.05, 4.69) is 4.98 Å². The van der Waals surface area contributed by atoms with E-state index in [9.17, 15) is 26.3 Å². The van der Waals surface area contributed by atoms with Gasteiger partial charge in [-0.2, -0.15) is 31.6 Å². The largest absolute Gasteiger partial charge is 0.472 e. The molecule has 0 spiro atoms. The molecule has 1 aromatic carbocycles. The number of rotatable bonds is 3. The summed E-state index contributed by atoms with van der Waals surface area (Å²) in [7, 11) is 0. The maximum atomic E-state index is 12.9. The number of benzene rings is 1. The van der Waals surface area contributed by atoms with Gasteiger partial charge in [0.2, 0.25) is 5.88 Å². The highest BCUT2D eigenvalue weighted by molar-refractivity contribution is 6.31. The van der Waals surface area contributed by atoms with Crippen molar-refractivity contribution in [2.24, 2.45) is 0 Å². The highest BCUT2D eigenvalue weighted by Crippen LogP contribution is 2.36. The van der Waals surface area contributed by atoms with Crippen molar-refractivity contribution in [3.05, 3.63) is 57.7 Å². The molecule has 1 heterocycles. The molecule has 0 fully saturated rings. The van der Waals surface area contributed by atoms with Gasteiger partial charge in [0.15, 0.2) is 0 Å². The van der Waals surface area contributed by atoms with E-state index >= 15 is 0 Å². The summed E-state index contributed by atoms with van der Waals surface area (Å²) in [6, 6.07) is 5.45. The third kappa shape index (κ3) is 4.54. The Morgan fingerprint density at radius 3 is 2.24 bits per heavy atom. The zero-order valence-corrected chi connectivity index (χ0v) is 12.8. The van der Waals surface area contributed by atoms with Crippen LogP contribution in [-0.4, -0.2) is 4.98 Å². The van der Waals surface area contributed by atoms with Gasteiger partial charge in [-0.05, 0) is 24.3 Å². The zero-order valence-electron chi connectivity index (χ0n) is 12.0. The lowest BCUT2D eigenvalue weighted by Crippen LogP contribution is -2.11. The smallest absolute Gasteiger partial charge is 0.421 e. The third-order valence-electron chi connectivity index (χ3n) is 3.03. The van der Waals surface area contributed by atoms with Gasteiger partial charge < -0.3 is 4.74 Å². The molecule has 0 saturated carbocycles. The minimum Gasteiger partial charge on any atom is -0.472 e. The van der Waals surface area contributed by atoms with Crippen LogP contribution in [0, 0.1) is 11.3 Å². The van der Waals surface area contributed by atoms with Gasteiger partial charge in [-0.15, -0.1) is 0 Å². The average Bonchev–Trinajstić information content (AvgIpc) is 2.51. The summed E-state index contributed by atoms with van der Waals surface area (Å²) in [5.74, 6) is -0.859. The molecule has 25 heavy (non-hydrogen) atoms. The Kier molecular flexibility index (Phi) is 5.13. The standard InChI is InChI=1S/C15H7ClF6N2O/c16-12-5-9(14(17,18)19)2-1-8(12)7-25-13-11(15(20,21)22)4-3-10(6-23)24-13/h1-5H,7H2. The Hall–Kier alpha value is -2.47. The Labute approximate surface area is 142 Å². The van der Waals surface area contributed by atoms with Crippen molar-refractivity contribution in [3.63, 3.8) is 0 Å². The van der Waals surface area contributed by atoms with E-state index < -0.39 is 36.0 Å². The second-order valence-electron chi connectivity index (χ2n) is 4.75. The molecule has 0 aliphatic heterocycles. The quantitative estimate of drug-likeness (QED) is 0.685. The van der Waals surface area contributed by atoms with Crippen LogP contribution in [0.3, 0.4) is 0 Å². The maximum Gasteiger partial charge on any atom is 0.421 e. The predicted octanol–water partition coefficient (Wildman–Crippen LogP) is 5.22. The first kappa shape index (κ1) is 18.9. The molecular formula is C15H7ClF6N2O. The van der Waals surface area contributed by atoms with Crippen molar-refractivity contribution < 1.29 is 31.1 Å². The molecule has 0 bridgehead atoms. The molecule has 0 amide bonds. The fourth-order valence-electron chi connectivity index (χ4n) is 1.82. The topological polar surface area (TPSA) is 45.9 Å². The molecule has 0 radical (unpaired) electrons. The summed E-state index contributed by atoms with van der Waals surface area (Å²) in [6.07, 6.45) is -9.38. The Balaban J connectivity index is 2.29. The number of nitrogens with zero attached hydrogens (tertiary/aromatic N) is 2. The number of alkyl halides is 6. The fourth-order valence-corrected chi connectivity index (χ4v) is 2.05. The lowest BCUT2D eigenvalue weighted by atomic mass is 10.1. The van der Waals surface area contributed by atoms with Crippen LogP contribution in [0.4, 0.5) is 26.3 Å². The summed E-state index contributed by atoms with van der Waals surface area (Å²) in [5, 5.41) is 8.40. The zero-order chi connectivity index (χ0) is 18.8. The van der Waals surface area contributed by atoms with Gasteiger partial charge in [0, 0.05) is 10.6 Å². The Morgan fingerprint density at radius 2 is 1.72 bits per heavy atom. The summed E-state index contributed by atoms with van der Waals surface area (Å²) in [6.45, 7) is -0.554. The van der Waals surface area contributed by atoms with Crippen LogP contribution in [0.2, 0.25) is 5.02 Å². The molecule has 1 aromatic heterocycles. The van der Waals surface area contributed by atoms with Crippen LogP contribution >= 0.6 is 11.6 Å². The fraction of sp³-hybridized carbons (Fsp3) is 0.200. The van der Waals surface area contributed by atoms with Crippen LogP contribution in [0.1, 0.15) is 22.4 Å². The van der Waals surface area contributed by atoms with E-state index in [1.54, 1.807) is 6.07 Å². The van der Waals surface area contributed by atoms with Crippen molar-refractivity contribution in [2.45, 2.75) is 19.0 Å². The first-order valence-corrected chi connectivity index (χ1v) is 6.87. The SMILES string of the molecule is N#Cc1ccc(C(F)(F)F)c(OCc2ccc(C(F)(F)F)cc2Cl)n1. The number of nitriles is 1. The number of hydrogen-bond acceptors (Lipinski definition) is 3. The number of hydrogen-bond donors (Lipinski definition) is 0. The van der Waals surface area contributed by atoms with Crippen LogP contribution < -0.4 is 4.74 Å². The van der Waals surface area contributed by atoms with E-state index in [-0.39, 0.29) is 16.3 Å². The van der Waals surface area contributed by atoms with E-state index in [0.29, 0.717) is 12.1 Å². The highest BCUT2D eigenvalue weighted by Gasteiger charge is 2.36. The van der Waals surface area contributed by atoms with Gasteiger partial charge >= 0.3 is 12.4 Å². The van der Waals surface area contributed by atoms with Gasteiger partial charge in [-0.1, -0.05) is 17.7 Å². The second kappa shape index (κ2) is 6.80. The van der Waals surface area contributed by atoms with Crippen LogP contribution in [0.25, 0.3) is 0 Å². The van der Waals surface area contributed by atoms with Gasteiger partial charge in [0.25, 0.3) is 0 Å². The van der Waals surface area contributed by atoms with Gasteiger partial charge in [-0.25, -0.2) is 4.98 Å². The molecule has 132 valence electrons. The van der Waals surface area contributed by atoms with Gasteiger partial charge in [0.1, 0.15) is 23.9 Å². The molecule has 0 aliphatic carbocycles. The van der Waals surface area contributed by atoms with E-state index in [0.717, 1.165) is 18.2 Å². The van der Waals surface area contributed by atoms with E-state index in [1.165, 1.54) is 0 Å². The molecule has 0 N–H and O–H groups in total. The summed E-state index contributed by atoms with van der Waals surface area (Å²) >= 11 is 5.71. The van der Waals surface area contributed by atoms with Crippen molar-refractivity contribution in [1.29, 1.82) is 5.26 Å². The van der Waals surface area contributed by atoms with Crippen molar-refractivity contribution in [2.75, 3.05) is 0 Å². The number of pyridine rings is 1. The summed E-state index contributed by atoms with van der Waals surface area (Å²) in [5.41, 5.74) is -2.48. The van der Waals surface area contributed by atoms with Crippen molar-refractivity contribution in [1.82, 2.24) is 4.98 Å². The van der Waals surface area contributed by atoms with Crippen molar-refractivity contribution >= 4 is 11.6 Å². The normalized spacial score (nSPS) is 11.9. The molecule has 0 atom stereocenters. The molecule has 0 aliphatic rings. The first-order valence-electron chi connectivity index (χ1n) is 6.49. The summed E-state index contributed by atoms with van der Waals surface area (Å²) < 4.78 is 81.4. The molecule has 2 rings (SSSR count). The van der Waals surface area contributed by atoms with Crippen molar-refractivity contribution in [3.8, 4) is 11.9 Å².